The summed E-state index contributed by atoms with van der Waals surface area (Å²) in [6.07, 6.45) is 0. The number of amides is 2. The first-order valence-electron chi connectivity index (χ1n) is 5.92. The fraction of sp³-hybridized carbons (Fsp3) is 0.143. The topological polar surface area (TPSA) is 84.2 Å². The molecule has 98 valence electrons. The number of benzene rings is 2. The molecule has 0 spiro atoms. The highest BCUT2D eigenvalue weighted by Gasteiger charge is 2.15. The molecule has 0 radical (unpaired) electrons. The van der Waals surface area contributed by atoms with Gasteiger partial charge in [0.25, 0.3) is 11.8 Å². The van der Waals surface area contributed by atoms with E-state index in [9.17, 15) is 9.59 Å². The number of hydrazine groups is 1. The molecule has 1 unspecified atom stereocenters. The van der Waals surface area contributed by atoms with Crippen molar-refractivity contribution in [2.45, 2.75) is 13.0 Å². The molecular formula is C14H15N3O2. The third-order valence-electron chi connectivity index (χ3n) is 2.89. The van der Waals surface area contributed by atoms with Crippen LogP contribution in [0.3, 0.4) is 0 Å². The lowest BCUT2D eigenvalue weighted by Gasteiger charge is -2.12. The number of hydrogen-bond donors (Lipinski definition) is 3. The first kappa shape index (κ1) is 13.0. The second-order valence-electron chi connectivity index (χ2n) is 4.27. The van der Waals surface area contributed by atoms with Gasteiger partial charge in [-0.05, 0) is 29.8 Å². The van der Waals surface area contributed by atoms with Crippen LogP contribution in [-0.4, -0.2) is 17.9 Å². The van der Waals surface area contributed by atoms with Crippen LogP contribution in [0, 0.1) is 0 Å². The molecule has 2 aromatic rings. The van der Waals surface area contributed by atoms with Crippen LogP contribution in [0.25, 0.3) is 10.8 Å². The molecule has 5 nitrogen and oxygen atoms in total. The second-order valence-corrected chi connectivity index (χ2v) is 4.27. The van der Waals surface area contributed by atoms with E-state index in [0.29, 0.717) is 5.56 Å². The standard InChI is InChI=1S/C14H15N3O2/c1-9(13(18)17-15)16-14(19)12-7-6-10-4-2-3-5-11(10)8-12/h2-9H,15H2,1H3,(H,16,19)(H,17,18). The maximum Gasteiger partial charge on any atom is 0.256 e. The van der Waals surface area contributed by atoms with Crippen LogP contribution in [0.2, 0.25) is 0 Å². The lowest BCUT2D eigenvalue weighted by molar-refractivity contribution is -0.122. The van der Waals surface area contributed by atoms with Crippen molar-refractivity contribution in [1.29, 1.82) is 0 Å². The van der Waals surface area contributed by atoms with Gasteiger partial charge in [0, 0.05) is 5.56 Å². The molecule has 0 aliphatic rings. The zero-order valence-electron chi connectivity index (χ0n) is 10.5. The highest BCUT2D eigenvalue weighted by atomic mass is 16.2. The summed E-state index contributed by atoms with van der Waals surface area (Å²) in [5.74, 6) is 4.27. The van der Waals surface area contributed by atoms with E-state index in [4.69, 9.17) is 5.84 Å². The largest absolute Gasteiger partial charge is 0.340 e. The molecule has 0 fully saturated rings. The molecule has 19 heavy (non-hydrogen) atoms. The van der Waals surface area contributed by atoms with Gasteiger partial charge in [0.1, 0.15) is 6.04 Å². The molecule has 2 amide bonds. The van der Waals surface area contributed by atoms with E-state index >= 15 is 0 Å². The summed E-state index contributed by atoms with van der Waals surface area (Å²) in [5, 5.41) is 4.62. The van der Waals surface area contributed by atoms with Crippen LogP contribution < -0.4 is 16.6 Å². The van der Waals surface area contributed by atoms with Crippen LogP contribution in [0.1, 0.15) is 17.3 Å². The summed E-state index contributed by atoms with van der Waals surface area (Å²) >= 11 is 0. The Morgan fingerprint density at radius 2 is 1.79 bits per heavy atom. The molecule has 0 saturated carbocycles. The predicted octanol–water partition coefficient (Wildman–Crippen LogP) is 0.948. The van der Waals surface area contributed by atoms with E-state index in [1.165, 1.54) is 0 Å². The molecule has 0 saturated heterocycles. The minimum atomic E-state index is -0.677. The molecule has 2 rings (SSSR count). The number of nitrogens with one attached hydrogen (secondary N) is 2. The molecule has 0 aliphatic heterocycles. The average molecular weight is 257 g/mol. The van der Waals surface area contributed by atoms with E-state index < -0.39 is 11.9 Å². The molecule has 0 heterocycles. The summed E-state index contributed by atoms with van der Waals surface area (Å²) in [6, 6.07) is 12.5. The third kappa shape index (κ3) is 2.89. The SMILES string of the molecule is CC(NC(=O)c1ccc2ccccc2c1)C(=O)NN. The van der Waals surface area contributed by atoms with Gasteiger partial charge in [-0.2, -0.15) is 0 Å². The van der Waals surface area contributed by atoms with Gasteiger partial charge in [0.2, 0.25) is 0 Å². The normalized spacial score (nSPS) is 11.9. The van der Waals surface area contributed by atoms with E-state index in [0.717, 1.165) is 10.8 Å². The van der Waals surface area contributed by atoms with Gasteiger partial charge >= 0.3 is 0 Å². The van der Waals surface area contributed by atoms with Crippen molar-refractivity contribution in [3.8, 4) is 0 Å². The summed E-state index contributed by atoms with van der Waals surface area (Å²) in [4.78, 5) is 23.2. The summed E-state index contributed by atoms with van der Waals surface area (Å²) in [5.41, 5.74) is 2.51. The Kier molecular flexibility index (Phi) is 3.77. The van der Waals surface area contributed by atoms with Crippen molar-refractivity contribution in [2.24, 2.45) is 5.84 Å². The fourth-order valence-electron chi connectivity index (χ4n) is 1.80. The van der Waals surface area contributed by atoms with Gasteiger partial charge in [-0.15, -0.1) is 0 Å². The minimum absolute atomic E-state index is 0.304. The van der Waals surface area contributed by atoms with E-state index in [1.54, 1.807) is 19.1 Å². The van der Waals surface area contributed by atoms with Gasteiger partial charge in [0.05, 0.1) is 0 Å². The summed E-state index contributed by atoms with van der Waals surface area (Å²) in [7, 11) is 0. The Morgan fingerprint density at radius 1 is 1.11 bits per heavy atom. The first-order chi connectivity index (χ1) is 9.11. The van der Waals surface area contributed by atoms with Gasteiger partial charge in [-0.1, -0.05) is 30.3 Å². The lowest BCUT2D eigenvalue weighted by Crippen LogP contribution is -2.47. The van der Waals surface area contributed by atoms with Crippen LogP contribution >= 0.6 is 0 Å². The predicted molar refractivity (Wildman–Crippen MR) is 73.2 cm³/mol. The highest BCUT2D eigenvalue weighted by molar-refractivity contribution is 6.00. The van der Waals surface area contributed by atoms with Gasteiger partial charge in [0.15, 0.2) is 0 Å². The smallest absolute Gasteiger partial charge is 0.256 e. The Balaban J connectivity index is 2.19. The highest BCUT2D eigenvalue weighted by Crippen LogP contribution is 2.15. The third-order valence-corrected chi connectivity index (χ3v) is 2.89. The zero-order chi connectivity index (χ0) is 13.8. The van der Waals surface area contributed by atoms with Crippen LogP contribution in [0.5, 0.6) is 0 Å². The van der Waals surface area contributed by atoms with Crippen molar-refractivity contribution in [3.63, 3.8) is 0 Å². The summed E-state index contributed by atoms with van der Waals surface area (Å²) in [6.45, 7) is 1.57. The molecule has 1 atom stereocenters. The average Bonchev–Trinajstić information content (AvgIpc) is 2.45. The molecule has 5 heteroatoms. The molecule has 4 N–H and O–H groups in total. The Morgan fingerprint density at radius 3 is 2.47 bits per heavy atom. The number of carbonyl (C=O) groups excluding carboxylic acids is 2. The number of hydrogen-bond acceptors (Lipinski definition) is 3. The number of fused-ring (bicyclic) bond motifs is 1. The first-order valence-corrected chi connectivity index (χ1v) is 5.92. The lowest BCUT2D eigenvalue weighted by atomic mass is 10.1. The van der Waals surface area contributed by atoms with Crippen molar-refractivity contribution in [1.82, 2.24) is 10.7 Å². The number of rotatable bonds is 3. The number of carbonyl (C=O) groups is 2. The monoisotopic (exact) mass is 257 g/mol. The number of nitrogens with two attached hydrogens (primary N) is 1. The second kappa shape index (κ2) is 5.49. The molecule has 2 aromatic carbocycles. The van der Waals surface area contributed by atoms with E-state index in [2.05, 4.69) is 5.32 Å². The summed E-state index contributed by atoms with van der Waals surface area (Å²) < 4.78 is 0. The zero-order valence-corrected chi connectivity index (χ0v) is 10.5. The van der Waals surface area contributed by atoms with Gasteiger partial charge in [-0.25, -0.2) is 5.84 Å². The Bertz CT molecular complexity index is 625. The molecule has 0 aliphatic carbocycles. The van der Waals surface area contributed by atoms with Crippen molar-refractivity contribution >= 4 is 22.6 Å². The van der Waals surface area contributed by atoms with Crippen LogP contribution in [0.4, 0.5) is 0 Å². The quantitative estimate of drug-likeness (QED) is 0.435. The van der Waals surface area contributed by atoms with Gasteiger partial charge in [-0.3, -0.25) is 15.0 Å². The van der Waals surface area contributed by atoms with E-state index in [1.807, 2.05) is 35.8 Å². The maximum absolute atomic E-state index is 12.0. The van der Waals surface area contributed by atoms with Crippen molar-refractivity contribution in [2.75, 3.05) is 0 Å². The molecular weight excluding hydrogens is 242 g/mol. The van der Waals surface area contributed by atoms with Crippen LogP contribution in [0.15, 0.2) is 42.5 Å². The maximum atomic E-state index is 12.0. The molecule has 0 bridgehead atoms. The van der Waals surface area contributed by atoms with E-state index in [-0.39, 0.29) is 5.91 Å². The van der Waals surface area contributed by atoms with Gasteiger partial charge < -0.3 is 5.32 Å². The van der Waals surface area contributed by atoms with Crippen LogP contribution in [-0.2, 0) is 4.79 Å². The Labute approximate surface area is 110 Å². The van der Waals surface area contributed by atoms with Crippen molar-refractivity contribution in [3.05, 3.63) is 48.0 Å². The fourth-order valence-corrected chi connectivity index (χ4v) is 1.80. The minimum Gasteiger partial charge on any atom is -0.340 e. The Hall–Kier alpha value is -2.40. The molecule has 0 aromatic heterocycles. The van der Waals surface area contributed by atoms with Crippen molar-refractivity contribution < 1.29 is 9.59 Å².